The van der Waals surface area contributed by atoms with Crippen LogP contribution in [-0.4, -0.2) is 13.7 Å². The maximum atomic E-state index is 10.3. The molecule has 0 aromatic heterocycles. The van der Waals surface area contributed by atoms with E-state index >= 15 is 0 Å². The van der Waals surface area contributed by atoms with E-state index in [2.05, 4.69) is 0 Å². The smallest absolute Gasteiger partial charge is 0.854 e. The largest absolute Gasteiger partial charge is 1.00 e. The van der Waals surface area contributed by atoms with Crippen LogP contribution in [0.25, 0.3) is 0 Å². The summed E-state index contributed by atoms with van der Waals surface area (Å²) in [6.07, 6.45) is 0.580. The quantitative estimate of drug-likeness (QED) is 0.509. The molecular formula is C10H13NaO2. The first-order valence-electron chi connectivity index (χ1n) is 3.99. The Balaban J connectivity index is 0.00000144. The Morgan fingerprint density at radius 2 is 2.08 bits per heavy atom. The van der Waals surface area contributed by atoms with Crippen LogP contribution in [0.2, 0.25) is 0 Å². The SMILES string of the molecule is COc1cc(CC[O-])ccc1C.[Na+]. The molecule has 0 bridgehead atoms. The van der Waals surface area contributed by atoms with E-state index in [0.29, 0.717) is 6.42 Å². The fourth-order valence-electron chi connectivity index (χ4n) is 1.14. The molecule has 1 aromatic rings. The number of methoxy groups -OCH3 is 1. The summed E-state index contributed by atoms with van der Waals surface area (Å²) < 4.78 is 5.13. The molecule has 0 spiro atoms. The van der Waals surface area contributed by atoms with Gasteiger partial charge < -0.3 is 9.84 Å². The summed E-state index contributed by atoms with van der Waals surface area (Å²) in [5.74, 6) is 0.862. The van der Waals surface area contributed by atoms with Crippen LogP contribution in [0.15, 0.2) is 18.2 Å². The van der Waals surface area contributed by atoms with Crippen LogP contribution in [0.4, 0.5) is 0 Å². The standard InChI is InChI=1S/C10H13O2.Na/c1-8-3-4-9(5-6-11)7-10(8)12-2;/h3-4,7H,5-6H2,1-2H3;/q-1;+1. The van der Waals surface area contributed by atoms with Gasteiger partial charge in [-0.3, -0.25) is 0 Å². The molecule has 0 saturated carbocycles. The molecule has 0 fully saturated rings. The van der Waals surface area contributed by atoms with Crippen LogP contribution >= 0.6 is 0 Å². The molecule has 0 atom stereocenters. The molecule has 2 nitrogen and oxygen atoms in total. The fourth-order valence-corrected chi connectivity index (χ4v) is 1.14. The van der Waals surface area contributed by atoms with Crippen molar-refractivity contribution in [2.45, 2.75) is 13.3 Å². The number of rotatable bonds is 3. The zero-order valence-electron chi connectivity index (χ0n) is 8.46. The van der Waals surface area contributed by atoms with Gasteiger partial charge in [0.1, 0.15) is 5.75 Å². The average Bonchev–Trinajstić information content (AvgIpc) is 2.09. The molecule has 0 unspecified atom stereocenters. The Morgan fingerprint density at radius 3 is 2.62 bits per heavy atom. The van der Waals surface area contributed by atoms with Gasteiger partial charge in [0.25, 0.3) is 0 Å². The molecule has 1 rings (SSSR count). The van der Waals surface area contributed by atoms with E-state index in [1.54, 1.807) is 7.11 Å². The maximum absolute atomic E-state index is 10.3. The molecule has 3 heteroatoms. The number of hydrogen-bond donors (Lipinski definition) is 0. The van der Waals surface area contributed by atoms with E-state index < -0.39 is 0 Å². The zero-order valence-corrected chi connectivity index (χ0v) is 10.5. The molecule has 0 aliphatic carbocycles. The van der Waals surface area contributed by atoms with Gasteiger partial charge in [-0.05, 0) is 30.5 Å². The van der Waals surface area contributed by atoms with Gasteiger partial charge in [-0.1, -0.05) is 12.1 Å². The summed E-state index contributed by atoms with van der Waals surface area (Å²) >= 11 is 0. The van der Waals surface area contributed by atoms with Crippen molar-refractivity contribution in [3.8, 4) is 5.75 Å². The molecule has 0 radical (unpaired) electrons. The van der Waals surface area contributed by atoms with Gasteiger partial charge in [-0.25, -0.2) is 0 Å². The summed E-state index contributed by atoms with van der Waals surface area (Å²) in [5.41, 5.74) is 2.15. The van der Waals surface area contributed by atoms with E-state index in [9.17, 15) is 5.11 Å². The van der Waals surface area contributed by atoms with Crippen molar-refractivity contribution in [3.05, 3.63) is 29.3 Å². The van der Waals surface area contributed by atoms with Crippen LogP contribution in [0.3, 0.4) is 0 Å². The van der Waals surface area contributed by atoms with Crippen molar-refractivity contribution in [1.82, 2.24) is 0 Å². The fraction of sp³-hybridized carbons (Fsp3) is 0.400. The van der Waals surface area contributed by atoms with E-state index in [1.807, 2.05) is 25.1 Å². The Hall–Kier alpha value is -0.0200. The molecule has 13 heavy (non-hydrogen) atoms. The van der Waals surface area contributed by atoms with E-state index in [-0.39, 0.29) is 36.2 Å². The Bertz CT molecular complexity index is 261. The van der Waals surface area contributed by atoms with Gasteiger partial charge in [0.05, 0.1) is 7.11 Å². The van der Waals surface area contributed by atoms with Crippen molar-refractivity contribution < 1.29 is 39.4 Å². The summed E-state index contributed by atoms with van der Waals surface area (Å²) in [6.45, 7) is 1.92. The Morgan fingerprint density at radius 1 is 1.38 bits per heavy atom. The first kappa shape index (κ1) is 13.0. The van der Waals surface area contributed by atoms with Gasteiger partial charge in [0, 0.05) is 0 Å². The van der Waals surface area contributed by atoms with Crippen LogP contribution in [0.5, 0.6) is 5.75 Å². The molecule has 0 saturated heterocycles. The summed E-state index contributed by atoms with van der Waals surface area (Å²) in [6, 6.07) is 5.87. The minimum Gasteiger partial charge on any atom is -0.854 e. The summed E-state index contributed by atoms with van der Waals surface area (Å²) in [5, 5.41) is 10.3. The zero-order chi connectivity index (χ0) is 8.97. The van der Waals surface area contributed by atoms with Crippen molar-refractivity contribution in [2.24, 2.45) is 0 Å². The molecule has 0 aliphatic rings. The normalized spacial score (nSPS) is 9.15. The molecular weight excluding hydrogens is 175 g/mol. The van der Waals surface area contributed by atoms with Crippen LogP contribution in [0.1, 0.15) is 11.1 Å². The molecule has 0 N–H and O–H groups in total. The van der Waals surface area contributed by atoms with Gasteiger partial charge >= 0.3 is 29.6 Å². The minimum absolute atomic E-state index is 0. The van der Waals surface area contributed by atoms with Crippen LogP contribution in [0, 0.1) is 6.92 Å². The Labute approximate surface area is 101 Å². The van der Waals surface area contributed by atoms with Gasteiger partial charge in [0.15, 0.2) is 0 Å². The van der Waals surface area contributed by atoms with Crippen molar-refractivity contribution in [3.63, 3.8) is 0 Å². The summed E-state index contributed by atoms with van der Waals surface area (Å²) in [4.78, 5) is 0. The number of aryl methyl sites for hydroxylation is 1. The number of benzene rings is 1. The molecule has 66 valence electrons. The third kappa shape index (κ3) is 3.69. The van der Waals surface area contributed by atoms with Gasteiger partial charge in [-0.15, -0.1) is 6.61 Å². The predicted octanol–water partition coefficient (Wildman–Crippen LogP) is -2.09. The second-order valence-corrected chi connectivity index (χ2v) is 2.76. The molecule has 0 heterocycles. The topological polar surface area (TPSA) is 32.3 Å². The minimum atomic E-state index is -0.0633. The van der Waals surface area contributed by atoms with Crippen LogP contribution < -0.4 is 39.4 Å². The number of ether oxygens (including phenoxy) is 1. The second-order valence-electron chi connectivity index (χ2n) is 2.76. The van der Waals surface area contributed by atoms with E-state index in [4.69, 9.17) is 4.74 Å². The molecule has 0 aliphatic heterocycles. The van der Waals surface area contributed by atoms with Gasteiger partial charge in [-0.2, -0.15) is 0 Å². The van der Waals surface area contributed by atoms with Crippen molar-refractivity contribution in [1.29, 1.82) is 0 Å². The third-order valence-electron chi connectivity index (χ3n) is 1.86. The predicted molar refractivity (Wildman–Crippen MR) is 46.3 cm³/mol. The average molecular weight is 188 g/mol. The first-order chi connectivity index (χ1) is 5.77. The van der Waals surface area contributed by atoms with Crippen molar-refractivity contribution in [2.75, 3.05) is 13.7 Å². The van der Waals surface area contributed by atoms with E-state index in [1.165, 1.54) is 0 Å². The van der Waals surface area contributed by atoms with Gasteiger partial charge in [0.2, 0.25) is 0 Å². The third-order valence-corrected chi connectivity index (χ3v) is 1.86. The van der Waals surface area contributed by atoms with Crippen LogP contribution in [-0.2, 0) is 6.42 Å². The molecule has 0 amide bonds. The Kier molecular flexibility index (Phi) is 6.43. The first-order valence-corrected chi connectivity index (χ1v) is 3.99. The second kappa shape index (κ2) is 6.44. The maximum Gasteiger partial charge on any atom is 1.00 e. The van der Waals surface area contributed by atoms with Crippen molar-refractivity contribution >= 4 is 0 Å². The monoisotopic (exact) mass is 188 g/mol. The molecule has 1 aromatic carbocycles. The van der Waals surface area contributed by atoms with E-state index in [0.717, 1.165) is 16.9 Å². The number of hydrogen-bond acceptors (Lipinski definition) is 2. The summed E-state index contributed by atoms with van der Waals surface area (Å²) in [7, 11) is 1.64.